The molecule has 37 heavy (non-hydrogen) atoms. The van der Waals surface area contributed by atoms with Gasteiger partial charge in [0.2, 0.25) is 0 Å². The van der Waals surface area contributed by atoms with Crippen molar-refractivity contribution in [2.45, 2.75) is 39.2 Å². The molecule has 3 aromatic rings. The van der Waals surface area contributed by atoms with E-state index in [-0.39, 0.29) is 29.7 Å². The van der Waals surface area contributed by atoms with Gasteiger partial charge in [-0.05, 0) is 41.5 Å². The second-order valence-electron chi connectivity index (χ2n) is 9.64. The van der Waals surface area contributed by atoms with Gasteiger partial charge >= 0.3 is 0 Å². The van der Waals surface area contributed by atoms with E-state index in [1.165, 1.54) is 0 Å². The first-order chi connectivity index (χ1) is 17.8. The highest BCUT2D eigenvalue weighted by atomic mass is 16.5. The number of benzene rings is 2. The van der Waals surface area contributed by atoms with Gasteiger partial charge in [-0.2, -0.15) is 0 Å². The number of hydrogen-bond donors (Lipinski definition) is 2. The molecule has 1 heterocycles. The summed E-state index contributed by atoms with van der Waals surface area (Å²) in [5, 5.41) is 11.3. The lowest BCUT2D eigenvalue weighted by Crippen LogP contribution is -2.34. The molecule has 1 unspecified atom stereocenters. The van der Waals surface area contributed by atoms with E-state index in [4.69, 9.17) is 19.9 Å². The van der Waals surface area contributed by atoms with Crippen molar-refractivity contribution in [3.8, 4) is 28.5 Å². The number of hydrogen-bond acceptors (Lipinski definition) is 6. The van der Waals surface area contributed by atoms with Crippen LogP contribution >= 0.6 is 0 Å². The second-order valence-corrected chi connectivity index (χ2v) is 9.64. The van der Waals surface area contributed by atoms with Crippen LogP contribution in [0.1, 0.15) is 53.2 Å². The summed E-state index contributed by atoms with van der Waals surface area (Å²) in [4.78, 5) is 26.0. The summed E-state index contributed by atoms with van der Waals surface area (Å²) in [6.07, 6.45) is 1.32. The van der Waals surface area contributed by atoms with E-state index in [1.54, 1.807) is 18.8 Å². The van der Waals surface area contributed by atoms with Crippen LogP contribution in [0.15, 0.2) is 47.3 Å². The Morgan fingerprint density at radius 1 is 1.14 bits per heavy atom. The Morgan fingerprint density at radius 2 is 1.86 bits per heavy atom. The first-order valence-electron chi connectivity index (χ1n) is 12.4. The van der Waals surface area contributed by atoms with Crippen molar-refractivity contribution in [2.24, 2.45) is 11.7 Å². The Kier molecular flexibility index (Phi) is 7.88. The van der Waals surface area contributed by atoms with Crippen molar-refractivity contribution in [1.29, 1.82) is 0 Å². The minimum absolute atomic E-state index is 0.106. The number of methoxy groups -OCH3 is 2. The topological polar surface area (TPSA) is 113 Å². The Balaban J connectivity index is 1.99. The fraction of sp³-hybridized carbons (Fsp3) is 0.379. The minimum Gasteiger partial charge on any atom is -0.507 e. The van der Waals surface area contributed by atoms with Crippen molar-refractivity contribution in [2.75, 3.05) is 27.4 Å². The van der Waals surface area contributed by atoms with E-state index >= 15 is 0 Å². The molecule has 8 nitrogen and oxygen atoms in total. The number of primary amides is 1. The van der Waals surface area contributed by atoms with Gasteiger partial charge in [0.25, 0.3) is 11.5 Å². The van der Waals surface area contributed by atoms with E-state index in [0.29, 0.717) is 42.4 Å². The summed E-state index contributed by atoms with van der Waals surface area (Å²) in [6.45, 7) is 5.38. The molecule has 1 aliphatic rings. The molecule has 0 fully saturated rings. The van der Waals surface area contributed by atoms with Crippen LogP contribution in [0.3, 0.4) is 0 Å². The molecule has 3 N–H and O–H groups in total. The van der Waals surface area contributed by atoms with Gasteiger partial charge < -0.3 is 29.6 Å². The standard InChI is InChI=1S/C29H34N2O6/c1-17(2)20-13-19-14-23(37-12-8-11-35-3)22(36-4)15-21(19)26-24(20)27(32)25(28(30)33)29(34)31(26)16-18-9-6-5-7-10-18/h5-7,9-10,14-15,17,20,32H,8,11-13,16H2,1-4H3,(H2,30,33). The minimum atomic E-state index is -0.946. The van der Waals surface area contributed by atoms with Gasteiger partial charge in [-0.3, -0.25) is 9.59 Å². The third kappa shape index (κ3) is 5.06. The maximum atomic E-state index is 13.7. The zero-order valence-electron chi connectivity index (χ0n) is 21.7. The molecule has 0 bridgehead atoms. The van der Waals surface area contributed by atoms with E-state index in [2.05, 4.69) is 13.8 Å². The SMILES string of the molecule is COCCCOc1cc2c(cc1OC)-c1c(c(O)c(C(N)=O)c(=O)n1Cc1ccccc1)C(C(C)C)C2. The van der Waals surface area contributed by atoms with Crippen molar-refractivity contribution in [3.05, 3.63) is 75.1 Å². The summed E-state index contributed by atoms with van der Waals surface area (Å²) in [6, 6.07) is 13.3. The largest absolute Gasteiger partial charge is 0.507 e. The van der Waals surface area contributed by atoms with Crippen LogP contribution in [0.4, 0.5) is 0 Å². The first-order valence-corrected chi connectivity index (χ1v) is 12.4. The molecule has 0 radical (unpaired) electrons. The summed E-state index contributed by atoms with van der Waals surface area (Å²) in [7, 11) is 3.21. The van der Waals surface area contributed by atoms with Crippen LogP contribution in [0, 0.1) is 5.92 Å². The molecule has 8 heteroatoms. The molecule has 2 aromatic carbocycles. The maximum absolute atomic E-state index is 13.7. The van der Waals surface area contributed by atoms with E-state index < -0.39 is 11.5 Å². The fourth-order valence-electron chi connectivity index (χ4n) is 5.07. The van der Waals surface area contributed by atoms with Gasteiger partial charge in [0.05, 0.1) is 26.0 Å². The van der Waals surface area contributed by atoms with Crippen molar-refractivity contribution < 1.29 is 24.1 Å². The van der Waals surface area contributed by atoms with E-state index in [1.807, 2.05) is 42.5 Å². The number of nitrogens with two attached hydrogens (primary N) is 1. The monoisotopic (exact) mass is 506 g/mol. The van der Waals surface area contributed by atoms with Crippen LogP contribution in [0.2, 0.25) is 0 Å². The number of carbonyl (C=O) groups is 1. The highest BCUT2D eigenvalue weighted by Crippen LogP contribution is 2.49. The average molecular weight is 507 g/mol. The Bertz CT molecular complexity index is 1350. The first kappa shape index (κ1) is 26.3. The lowest BCUT2D eigenvalue weighted by Gasteiger charge is -2.34. The van der Waals surface area contributed by atoms with E-state index in [0.717, 1.165) is 23.1 Å². The second kappa shape index (κ2) is 11.1. The van der Waals surface area contributed by atoms with Gasteiger partial charge in [0.1, 0.15) is 11.3 Å². The molecular formula is C29H34N2O6. The van der Waals surface area contributed by atoms with Gasteiger partial charge in [-0.1, -0.05) is 44.2 Å². The lowest BCUT2D eigenvalue weighted by molar-refractivity contribution is 0.0995. The van der Waals surface area contributed by atoms with Crippen LogP contribution in [0.5, 0.6) is 17.2 Å². The molecule has 1 amide bonds. The average Bonchev–Trinajstić information content (AvgIpc) is 2.88. The number of nitrogens with zero attached hydrogens (tertiary/aromatic N) is 1. The number of aromatic hydroxyl groups is 1. The number of amides is 1. The molecule has 0 spiro atoms. The van der Waals surface area contributed by atoms with Crippen molar-refractivity contribution in [3.63, 3.8) is 0 Å². The predicted octanol–water partition coefficient (Wildman–Crippen LogP) is 4.09. The van der Waals surface area contributed by atoms with E-state index in [9.17, 15) is 14.7 Å². The molecule has 0 aliphatic heterocycles. The third-order valence-corrected chi connectivity index (χ3v) is 6.92. The summed E-state index contributed by atoms with van der Waals surface area (Å²) in [5.74, 6) is -0.203. The molecule has 196 valence electrons. The van der Waals surface area contributed by atoms with Gasteiger partial charge in [0, 0.05) is 31.3 Å². The van der Waals surface area contributed by atoms with Crippen LogP contribution < -0.4 is 20.8 Å². The number of rotatable bonds is 10. The predicted molar refractivity (Wildman–Crippen MR) is 142 cm³/mol. The number of fused-ring (bicyclic) bond motifs is 3. The van der Waals surface area contributed by atoms with Gasteiger partial charge in [-0.15, -0.1) is 0 Å². The fourth-order valence-corrected chi connectivity index (χ4v) is 5.07. The van der Waals surface area contributed by atoms with Gasteiger partial charge in [0.15, 0.2) is 11.5 Å². The highest BCUT2D eigenvalue weighted by molar-refractivity contribution is 5.97. The van der Waals surface area contributed by atoms with Gasteiger partial charge in [-0.25, -0.2) is 0 Å². The zero-order chi connectivity index (χ0) is 26.7. The number of pyridine rings is 1. The molecule has 4 rings (SSSR count). The number of ether oxygens (including phenoxy) is 3. The molecule has 1 aromatic heterocycles. The summed E-state index contributed by atoms with van der Waals surface area (Å²) < 4.78 is 18.3. The Labute approximate surface area is 216 Å². The highest BCUT2D eigenvalue weighted by Gasteiger charge is 2.36. The Morgan fingerprint density at radius 3 is 2.49 bits per heavy atom. The molecule has 0 saturated carbocycles. The summed E-state index contributed by atoms with van der Waals surface area (Å²) in [5.41, 5.74) is 8.34. The number of aromatic nitrogens is 1. The quantitative estimate of drug-likeness (QED) is 0.401. The third-order valence-electron chi connectivity index (χ3n) is 6.92. The number of carbonyl (C=O) groups excluding carboxylic acids is 1. The zero-order valence-corrected chi connectivity index (χ0v) is 21.7. The molecular weight excluding hydrogens is 472 g/mol. The Hall–Kier alpha value is -3.78. The molecule has 1 aliphatic carbocycles. The normalized spacial score (nSPS) is 14.2. The van der Waals surface area contributed by atoms with Crippen molar-refractivity contribution >= 4 is 5.91 Å². The lowest BCUT2D eigenvalue weighted by atomic mass is 9.74. The molecule has 1 atom stereocenters. The maximum Gasteiger partial charge on any atom is 0.268 e. The summed E-state index contributed by atoms with van der Waals surface area (Å²) >= 11 is 0. The van der Waals surface area contributed by atoms with Crippen LogP contribution in [-0.4, -0.2) is 43.0 Å². The van der Waals surface area contributed by atoms with Crippen molar-refractivity contribution in [1.82, 2.24) is 4.57 Å². The van der Waals surface area contributed by atoms with Crippen LogP contribution in [-0.2, 0) is 17.7 Å². The van der Waals surface area contributed by atoms with Crippen LogP contribution in [0.25, 0.3) is 11.3 Å². The smallest absolute Gasteiger partial charge is 0.268 e. The molecule has 0 saturated heterocycles.